The van der Waals surface area contributed by atoms with Crippen molar-refractivity contribution in [2.75, 3.05) is 13.7 Å². The molecular formula is C15H19NO2. The molecule has 0 spiro atoms. The molecule has 3 heteroatoms. The molecule has 1 atom stereocenters. The van der Waals surface area contributed by atoms with Crippen molar-refractivity contribution in [3.63, 3.8) is 0 Å². The summed E-state index contributed by atoms with van der Waals surface area (Å²) in [4.78, 5) is 4.46. The summed E-state index contributed by atoms with van der Waals surface area (Å²) in [7, 11) is 1.66. The van der Waals surface area contributed by atoms with Gasteiger partial charge in [-0.25, -0.2) is 0 Å². The summed E-state index contributed by atoms with van der Waals surface area (Å²) in [5.41, 5.74) is 0.948. The molecule has 0 bridgehead atoms. The third-order valence-corrected chi connectivity index (χ3v) is 3.36. The maximum atomic E-state index is 9.56. The lowest BCUT2D eigenvalue weighted by Gasteiger charge is -2.19. The summed E-state index contributed by atoms with van der Waals surface area (Å²) in [6.07, 6.45) is 1.80. The summed E-state index contributed by atoms with van der Waals surface area (Å²) in [6.45, 7) is 4.31. The Hall–Kier alpha value is -1.61. The van der Waals surface area contributed by atoms with Crippen molar-refractivity contribution in [1.82, 2.24) is 4.98 Å². The Kier molecular flexibility index (Phi) is 3.82. The molecule has 3 nitrogen and oxygen atoms in total. The smallest absolute Gasteiger partial charge is 0.119 e. The largest absolute Gasteiger partial charge is 0.497 e. The topological polar surface area (TPSA) is 42.4 Å². The molecule has 0 saturated carbocycles. The van der Waals surface area contributed by atoms with Crippen LogP contribution in [-0.2, 0) is 0 Å². The van der Waals surface area contributed by atoms with Gasteiger partial charge >= 0.3 is 0 Å². The predicted octanol–water partition coefficient (Wildman–Crippen LogP) is 2.98. The lowest BCUT2D eigenvalue weighted by molar-refractivity contribution is 0.235. The van der Waals surface area contributed by atoms with E-state index in [2.05, 4.69) is 18.8 Å². The highest BCUT2D eigenvalue weighted by atomic mass is 16.5. The molecule has 2 aromatic rings. The Labute approximate surface area is 107 Å². The van der Waals surface area contributed by atoms with E-state index in [4.69, 9.17) is 4.74 Å². The van der Waals surface area contributed by atoms with Crippen LogP contribution in [0.25, 0.3) is 10.8 Å². The molecule has 96 valence electrons. The summed E-state index contributed by atoms with van der Waals surface area (Å²) in [5.74, 6) is 1.22. The quantitative estimate of drug-likeness (QED) is 0.900. The monoisotopic (exact) mass is 245 g/mol. The van der Waals surface area contributed by atoms with E-state index in [1.807, 2.05) is 24.3 Å². The van der Waals surface area contributed by atoms with Crippen LogP contribution in [0, 0.1) is 5.92 Å². The van der Waals surface area contributed by atoms with Crippen LogP contribution in [0.15, 0.2) is 30.5 Å². The molecule has 1 heterocycles. The summed E-state index contributed by atoms with van der Waals surface area (Å²) in [5, 5.41) is 11.7. The Morgan fingerprint density at radius 2 is 2.06 bits per heavy atom. The number of aliphatic hydroxyl groups excluding tert-OH is 1. The summed E-state index contributed by atoms with van der Waals surface area (Å²) >= 11 is 0. The standard InChI is InChI=1S/C15H19NO2/c1-10(2)14(9-17)15-13-8-12(18-3)5-4-11(13)6-7-16-15/h4-8,10,14,17H,9H2,1-3H3. The Balaban J connectivity index is 2.62. The van der Waals surface area contributed by atoms with Crippen LogP contribution in [0.4, 0.5) is 0 Å². The number of aliphatic hydroxyl groups is 1. The summed E-state index contributed by atoms with van der Waals surface area (Å²) in [6, 6.07) is 7.93. The van der Waals surface area contributed by atoms with Gasteiger partial charge in [-0.15, -0.1) is 0 Å². The van der Waals surface area contributed by atoms with Crippen molar-refractivity contribution in [1.29, 1.82) is 0 Å². The highest BCUT2D eigenvalue weighted by Gasteiger charge is 2.18. The fraction of sp³-hybridized carbons (Fsp3) is 0.400. The first-order chi connectivity index (χ1) is 8.67. The normalized spacial score (nSPS) is 12.9. The minimum absolute atomic E-state index is 0.0563. The fourth-order valence-corrected chi connectivity index (χ4v) is 2.21. The Morgan fingerprint density at radius 1 is 1.28 bits per heavy atom. The first-order valence-electron chi connectivity index (χ1n) is 6.21. The van der Waals surface area contributed by atoms with E-state index in [9.17, 15) is 5.11 Å². The first-order valence-corrected chi connectivity index (χ1v) is 6.21. The van der Waals surface area contributed by atoms with Crippen molar-refractivity contribution in [2.45, 2.75) is 19.8 Å². The Bertz CT molecular complexity index is 537. The zero-order valence-electron chi connectivity index (χ0n) is 11.1. The SMILES string of the molecule is COc1ccc2ccnc(C(CO)C(C)C)c2c1. The van der Waals surface area contributed by atoms with Crippen molar-refractivity contribution >= 4 is 10.8 Å². The minimum atomic E-state index is 0.0563. The molecule has 0 aliphatic heterocycles. The molecule has 0 amide bonds. The predicted molar refractivity (Wildman–Crippen MR) is 73.0 cm³/mol. The molecular weight excluding hydrogens is 226 g/mol. The van der Waals surface area contributed by atoms with E-state index in [1.165, 1.54) is 0 Å². The Morgan fingerprint density at radius 3 is 2.67 bits per heavy atom. The van der Waals surface area contributed by atoms with Gasteiger partial charge < -0.3 is 9.84 Å². The van der Waals surface area contributed by atoms with Gasteiger partial charge in [0, 0.05) is 17.5 Å². The van der Waals surface area contributed by atoms with Crippen LogP contribution in [0.2, 0.25) is 0 Å². The van der Waals surface area contributed by atoms with Gasteiger partial charge in [0.1, 0.15) is 5.75 Å². The molecule has 0 fully saturated rings. The second-order valence-corrected chi connectivity index (χ2v) is 4.82. The van der Waals surface area contributed by atoms with Crippen molar-refractivity contribution in [2.24, 2.45) is 5.92 Å². The lowest BCUT2D eigenvalue weighted by Crippen LogP contribution is -2.13. The molecule has 0 aliphatic carbocycles. The number of aromatic nitrogens is 1. The van der Waals surface area contributed by atoms with E-state index in [-0.39, 0.29) is 12.5 Å². The molecule has 18 heavy (non-hydrogen) atoms. The number of methoxy groups -OCH3 is 1. The van der Waals surface area contributed by atoms with E-state index in [0.717, 1.165) is 22.2 Å². The average molecular weight is 245 g/mol. The molecule has 1 unspecified atom stereocenters. The summed E-state index contributed by atoms with van der Waals surface area (Å²) < 4.78 is 5.26. The maximum Gasteiger partial charge on any atom is 0.119 e. The van der Waals surface area contributed by atoms with Gasteiger partial charge in [-0.3, -0.25) is 4.98 Å². The van der Waals surface area contributed by atoms with Crippen molar-refractivity contribution < 1.29 is 9.84 Å². The van der Waals surface area contributed by atoms with E-state index >= 15 is 0 Å². The van der Waals surface area contributed by atoms with E-state index < -0.39 is 0 Å². The minimum Gasteiger partial charge on any atom is -0.497 e. The van der Waals surface area contributed by atoms with Crippen LogP contribution in [0.3, 0.4) is 0 Å². The van der Waals surface area contributed by atoms with Crippen LogP contribution >= 0.6 is 0 Å². The number of ether oxygens (including phenoxy) is 1. The van der Waals surface area contributed by atoms with E-state index in [1.54, 1.807) is 13.3 Å². The third kappa shape index (κ3) is 2.31. The van der Waals surface area contributed by atoms with Gasteiger partial charge in [-0.2, -0.15) is 0 Å². The van der Waals surface area contributed by atoms with Gasteiger partial charge in [0.05, 0.1) is 19.4 Å². The fourth-order valence-electron chi connectivity index (χ4n) is 2.21. The lowest BCUT2D eigenvalue weighted by atomic mass is 9.90. The molecule has 0 saturated heterocycles. The number of hydrogen-bond donors (Lipinski definition) is 1. The highest BCUT2D eigenvalue weighted by molar-refractivity contribution is 5.86. The second-order valence-electron chi connectivity index (χ2n) is 4.82. The van der Waals surface area contributed by atoms with Gasteiger partial charge in [0.2, 0.25) is 0 Å². The molecule has 0 radical (unpaired) electrons. The molecule has 0 aliphatic rings. The zero-order chi connectivity index (χ0) is 13.1. The molecule has 2 rings (SSSR count). The number of hydrogen-bond acceptors (Lipinski definition) is 3. The van der Waals surface area contributed by atoms with Crippen molar-refractivity contribution in [3.8, 4) is 5.75 Å². The zero-order valence-corrected chi connectivity index (χ0v) is 11.1. The average Bonchev–Trinajstić information content (AvgIpc) is 2.39. The number of benzene rings is 1. The maximum absolute atomic E-state index is 9.56. The number of fused-ring (bicyclic) bond motifs is 1. The number of nitrogens with zero attached hydrogens (tertiary/aromatic N) is 1. The number of rotatable bonds is 4. The van der Waals surface area contributed by atoms with Crippen LogP contribution in [0.5, 0.6) is 5.75 Å². The van der Waals surface area contributed by atoms with E-state index in [0.29, 0.717) is 5.92 Å². The van der Waals surface area contributed by atoms with Gasteiger partial charge in [0.25, 0.3) is 0 Å². The van der Waals surface area contributed by atoms with Crippen molar-refractivity contribution in [3.05, 3.63) is 36.2 Å². The van der Waals surface area contributed by atoms with Gasteiger partial charge in [-0.1, -0.05) is 19.9 Å². The second kappa shape index (κ2) is 5.36. The van der Waals surface area contributed by atoms with Gasteiger partial charge in [-0.05, 0) is 29.5 Å². The third-order valence-electron chi connectivity index (χ3n) is 3.36. The number of pyridine rings is 1. The van der Waals surface area contributed by atoms with Crippen LogP contribution in [0.1, 0.15) is 25.5 Å². The van der Waals surface area contributed by atoms with Gasteiger partial charge in [0.15, 0.2) is 0 Å². The van der Waals surface area contributed by atoms with Crippen LogP contribution in [-0.4, -0.2) is 23.8 Å². The highest BCUT2D eigenvalue weighted by Crippen LogP contribution is 2.30. The molecule has 1 aromatic heterocycles. The molecule has 1 aromatic carbocycles. The first kappa shape index (κ1) is 12.8. The van der Waals surface area contributed by atoms with Crippen LogP contribution < -0.4 is 4.74 Å². The molecule has 1 N–H and O–H groups in total.